The number of aromatic amines is 1. The molecule has 1 unspecified atom stereocenters. The minimum Gasteiger partial charge on any atom is -0.360 e. The first-order valence-electron chi connectivity index (χ1n) is 11.9. The molecule has 1 aliphatic heterocycles. The highest BCUT2D eigenvalue weighted by molar-refractivity contribution is 6.33. The molecule has 2 atom stereocenters. The lowest BCUT2D eigenvalue weighted by Crippen LogP contribution is -2.47. The maximum absolute atomic E-state index is 13.0. The second-order valence-corrected chi connectivity index (χ2v) is 9.24. The summed E-state index contributed by atoms with van der Waals surface area (Å²) in [6, 6.07) is 14.9. The lowest BCUT2D eigenvalue weighted by molar-refractivity contribution is -0.120. The number of hydrogen-bond acceptors (Lipinski definition) is 6. The fourth-order valence-corrected chi connectivity index (χ4v) is 4.63. The third-order valence-electron chi connectivity index (χ3n) is 6.23. The Labute approximate surface area is 218 Å². The number of carbonyl (C=O) groups excluding carboxylic acids is 2. The lowest BCUT2D eigenvalue weighted by Gasteiger charge is -2.30. The van der Waals surface area contributed by atoms with Gasteiger partial charge in [-0.2, -0.15) is 0 Å². The van der Waals surface area contributed by atoms with Crippen LogP contribution in [0.25, 0.3) is 22.2 Å². The van der Waals surface area contributed by atoms with Gasteiger partial charge in [0.15, 0.2) is 0 Å². The molecule has 2 aromatic carbocycles. The number of anilines is 3. The van der Waals surface area contributed by atoms with E-state index in [1.807, 2.05) is 30.5 Å². The number of amides is 2. The summed E-state index contributed by atoms with van der Waals surface area (Å²) in [4.78, 5) is 36.9. The van der Waals surface area contributed by atoms with Crippen molar-refractivity contribution in [2.24, 2.45) is 5.92 Å². The Kier molecular flexibility index (Phi) is 7.16. The average molecular weight is 516 g/mol. The van der Waals surface area contributed by atoms with Gasteiger partial charge in [-0.05, 0) is 36.8 Å². The van der Waals surface area contributed by atoms with Gasteiger partial charge < -0.3 is 26.3 Å². The highest BCUT2D eigenvalue weighted by atomic mass is 35.5. The monoisotopic (exact) mass is 515 g/mol. The van der Waals surface area contributed by atoms with Gasteiger partial charge in [-0.1, -0.05) is 42.4 Å². The second-order valence-electron chi connectivity index (χ2n) is 8.83. The number of H-pyrrole nitrogens is 1. The van der Waals surface area contributed by atoms with Gasteiger partial charge in [0.2, 0.25) is 17.8 Å². The SMILES string of the molecule is C=CC(=O)Nc1cccc(NC(=O)C2CNC[C@H](Nc3ncc(Cl)c(-c4c[nH]c5ccccc45)n3)C2)c1. The zero-order chi connectivity index (χ0) is 25.8. The smallest absolute Gasteiger partial charge is 0.247 e. The van der Waals surface area contributed by atoms with Crippen LogP contribution in [0.4, 0.5) is 17.3 Å². The third kappa shape index (κ3) is 5.63. The first kappa shape index (κ1) is 24.5. The number of nitrogens with zero attached hydrogens (tertiary/aromatic N) is 2. The van der Waals surface area contributed by atoms with Crippen LogP contribution >= 0.6 is 11.6 Å². The summed E-state index contributed by atoms with van der Waals surface area (Å²) in [5, 5.41) is 13.8. The van der Waals surface area contributed by atoms with Crippen molar-refractivity contribution in [3.05, 3.63) is 78.6 Å². The van der Waals surface area contributed by atoms with Crippen LogP contribution in [-0.4, -0.2) is 45.9 Å². The van der Waals surface area contributed by atoms with Crippen molar-refractivity contribution in [2.45, 2.75) is 12.5 Å². The van der Waals surface area contributed by atoms with Crippen molar-refractivity contribution >= 4 is 51.6 Å². The Morgan fingerprint density at radius 3 is 2.73 bits per heavy atom. The molecule has 0 spiro atoms. The summed E-state index contributed by atoms with van der Waals surface area (Å²) in [5.41, 5.74) is 3.72. The van der Waals surface area contributed by atoms with E-state index in [0.717, 1.165) is 16.5 Å². The maximum atomic E-state index is 13.0. The lowest BCUT2D eigenvalue weighted by atomic mass is 9.95. The van der Waals surface area contributed by atoms with Crippen molar-refractivity contribution in [2.75, 3.05) is 29.0 Å². The molecule has 0 aliphatic carbocycles. The van der Waals surface area contributed by atoms with Gasteiger partial charge in [0.05, 0.1) is 22.8 Å². The Morgan fingerprint density at radius 1 is 1.08 bits per heavy atom. The van der Waals surface area contributed by atoms with E-state index in [1.54, 1.807) is 30.5 Å². The predicted octanol–water partition coefficient (Wildman–Crippen LogP) is 4.43. The molecule has 3 heterocycles. The molecule has 5 N–H and O–H groups in total. The summed E-state index contributed by atoms with van der Waals surface area (Å²) in [7, 11) is 0. The van der Waals surface area contributed by atoms with Crippen molar-refractivity contribution in [1.29, 1.82) is 0 Å². The molecular weight excluding hydrogens is 490 g/mol. The Hall–Kier alpha value is -4.21. The van der Waals surface area contributed by atoms with Crippen LogP contribution in [-0.2, 0) is 9.59 Å². The zero-order valence-electron chi connectivity index (χ0n) is 19.9. The topological polar surface area (TPSA) is 124 Å². The van der Waals surface area contributed by atoms with Crippen molar-refractivity contribution < 1.29 is 9.59 Å². The molecule has 0 bridgehead atoms. The van der Waals surface area contributed by atoms with Crippen LogP contribution in [0.5, 0.6) is 0 Å². The molecule has 9 nitrogen and oxygen atoms in total. The molecule has 4 aromatic rings. The van der Waals surface area contributed by atoms with Crippen molar-refractivity contribution in [3.8, 4) is 11.3 Å². The van der Waals surface area contributed by atoms with Gasteiger partial charge in [0.25, 0.3) is 0 Å². The standard InChI is InChI=1S/C27H26ClN7O2/c1-2-24(36)32-17-6-5-7-18(11-17)33-26(37)16-10-19(13-29-12-16)34-27-31-15-22(28)25(35-27)21-14-30-23-9-4-3-8-20(21)23/h2-9,11,14-16,19,29-30H,1,10,12-13H2,(H,32,36)(H,33,37)(H,31,34,35)/t16?,19-/m1/s1. The quantitative estimate of drug-likeness (QED) is 0.232. The number of aromatic nitrogens is 3. The number of para-hydroxylation sites is 1. The molecule has 0 saturated carbocycles. The summed E-state index contributed by atoms with van der Waals surface area (Å²) in [5.74, 6) is -0.241. The van der Waals surface area contributed by atoms with Crippen LogP contribution in [0, 0.1) is 5.92 Å². The molecule has 2 aromatic heterocycles. The van der Waals surface area contributed by atoms with Crippen molar-refractivity contribution in [3.63, 3.8) is 0 Å². The van der Waals surface area contributed by atoms with E-state index < -0.39 is 0 Å². The van der Waals surface area contributed by atoms with E-state index in [0.29, 0.717) is 47.6 Å². The van der Waals surface area contributed by atoms with Crippen LogP contribution < -0.4 is 21.3 Å². The van der Waals surface area contributed by atoms with Crippen molar-refractivity contribution in [1.82, 2.24) is 20.3 Å². The summed E-state index contributed by atoms with van der Waals surface area (Å²) >= 11 is 6.46. The van der Waals surface area contributed by atoms with Crippen LogP contribution in [0.1, 0.15) is 6.42 Å². The molecule has 1 saturated heterocycles. The summed E-state index contributed by atoms with van der Waals surface area (Å²) in [6.07, 6.45) is 5.27. The Morgan fingerprint density at radius 2 is 1.89 bits per heavy atom. The largest absolute Gasteiger partial charge is 0.360 e. The first-order valence-corrected chi connectivity index (χ1v) is 12.3. The number of nitrogens with one attached hydrogen (secondary N) is 5. The first-order chi connectivity index (χ1) is 18.0. The van der Waals surface area contributed by atoms with Gasteiger partial charge in [-0.25, -0.2) is 9.97 Å². The molecule has 5 rings (SSSR count). The van der Waals surface area contributed by atoms with Crippen LogP contribution in [0.2, 0.25) is 5.02 Å². The number of halogens is 1. The number of fused-ring (bicyclic) bond motifs is 1. The molecule has 10 heteroatoms. The second kappa shape index (κ2) is 10.8. The molecule has 188 valence electrons. The highest BCUT2D eigenvalue weighted by Gasteiger charge is 2.28. The van der Waals surface area contributed by atoms with Gasteiger partial charge in [-0.15, -0.1) is 0 Å². The molecule has 1 fully saturated rings. The maximum Gasteiger partial charge on any atom is 0.247 e. The van der Waals surface area contributed by atoms with Crippen LogP contribution in [0.15, 0.2) is 73.6 Å². The van der Waals surface area contributed by atoms with Gasteiger partial charge in [-0.3, -0.25) is 9.59 Å². The molecule has 37 heavy (non-hydrogen) atoms. The minimum atomic E-state index is -0.314. The van der Waals surface area contributed by atoms with E-state index in [2.05, 4.69) is 37.8 Å². The highest BCUT2D eigenvalue weighted by Crippen LogP contribution is 2.32. The summed E-state index contributed by atoms with van der Waals surface area (Å²) < 4.78 is 0. The van der Waals surface area contributed by atoms with E-state index in [9.17, 15) is 9.59 Å². The predicted molar refractivity (Wildman–Crippen MR) is 147 cm³/mol. The van der Waals surface area contributed by atoms with Gasteiger partial charge in [0.1, 0.15) is 0 Å². The Balaban J connectivity index is 1.26. The number of piperidine rings is 1. The van der Waals surface area contributed by atoms with Gasteiger partial charge in [0, 0.05) is 53.2 Å². The molecule has 2 amide bonds. The summed E-state index contributed by atoms with van der Waals surface area (Å²) in [6.45, 7) is 4.67. The molecular formula is C27H26ClN7O2. The Bertz CT molecular complexity index is 1470. The van der Waals surface area contributed by atoms with Gasteiger partial charge >= 0.3 is 0 Å². The third-order valence-corrected chi connectivity index (χ3v) is 6.50. The number of carbonyl (C=O) groups is 2. The van der Waals surface area contributed by atoms with E-state index in [4.69, 9.17) is 16.6 Å². The fraction of sp³-hybridized carbons (Fsp3) is 0.185. The van der Waals surface area contributed by atoms with E-state index >= 15 is 0 Å². The molecule has 1 aliphatic rings. The van der Waals surface area contributed by atoms with E-state index in [-0.39, 0.29) is 23.8 Å². The molecule has 0 radical (unpaired) electrons. The van der Waals surface area contributed by atoms with Crippen LogP contribution in [0.3, 0.4) is 0 Å². The zero-order valence-corrected chi connectivity index (χ0v) is 20.7. The fourth-order valence-electron chi connectivity index (χ4n) is 4.44. The van der Waals surface area contributed by atoms with E-state index in [1.165, 1.54) is 6.08 Å². The average Bonchev–Trinajstić information content (AvgIpc) is 3.34. The number of benzene rings is 2. The number of rotatable bonds is 7. The normalized spacial score (nSPS) is 17.2. The number of hydrogen-bond donors (Lipinski definition) is 5. The minimum absolute atomic E-state index is 0.0558.